The van der Waals surface area contributed by atoms with Crippen LogP contribution in [0.4, 0.5) is 22.7 Å². The van der Waals surface area contributed by atoms with Crippen LogP contribution in [0.5, 0.6) is 0 Å². The zero-order valence-electron chi connectivity index (χ0n) is 13.6. The number of anilines is 1. The van der Waals surface area contributed by atoms with Gasteiger partial charge in [-0.3, -0.25) is 14.9 Å². The Balaban J connectivity index is 1.64. The Kier molecular flexibility index (Phi) is 5.09. The number of nitro groups is 1. The summed E-state index contributed by atoms with van der Waals surface area (Å²) in [6.45, 7) is 0. The van der Waals surface area contributed by atoms with Crippen molar-refractivity contribution in [3.05, 3.63) is 94.5 Å². The van der Waals surface area contributed by atoms with Crippen molar-refractivity contribution in [1.29, 1.82) is 0 Å². The molecule has 0 bridgehead atoms. The summed E-state index contributed by atoms with van der Waals surface area (Å²) in [6.07, 6.45) is 0. The molecule has 0 fully saturated rings. The smallest absolute Gasteiger partial charge is 0.269 e. The number of nitro benzene ring substituents is 1. The standard InChI is InChI=1S/C19H14N4O3/c24-19(14-4-2-1-3-5-14)20-15-6-8-16(9-7-15)21-22-17-10-12-18(13-11-17)23(25)26/h1-13H,(H,20,24). The van der Waals surface area contributed by atoms with Crippen LogP contribution in [0.25, 0.3) is 0 Å². The van der Waals surface area contributed by atoms with E-state index in [0.29, 0.717) is 22.6 Å². The molecule has 0 aliphatic rings. The molecule has 1 amide bonds. The Morgan fingerprint density at radius 3 is 1.88 bits per heavy atom. The van der Waals surface area contributed by atoms with E-state index < -0.39 is 4.92 Å². The van der Waals surface area contributed by atoms with Crippen molar-refractivity contribution in [3.8, 4) is 0 Å². The second-order valence-corrected chi connectivity index (χ2v) is 5.34. The molecule has 3 aromatic carbocycles. The molecule has 0 aromatic heterocycles. The van der Waals surface area contributed by atoms with Crippen LogP contribution in [0.2, 0.25) is 0 Å². The van der Waals surface area contributed by atoms with Crippen LogP contribution in [0.15, 0.2) is 89.1 Å². The fraction of sp³-hybridized carbons (Fsp3) is 0. The number of hydrogen-bond acceptors (Lipinski definition) is 5. The zero-order valence-corrected chi connectivity index (χ0v) is 13.6. The summed E-state index contributed by atoms with van der Waals surface area (Å²) in [5.74, 6) is -0.189. The minimum absolute atomic E-state index is 0.00228. The summed E-state index contributed by atoms with van der Waals surface area (Å²) in [7, 11) is 0. The monoisotopic (exact) mass is 346 g/mol. The van der Waals surface area contributed by atoms with Gasteiger partial charge in [0.2, 0.25) is 0 Å². The maximum absolute atomic E-state index is 12.1. The number of azo groups is 1. The molecule has 3 rings (SSSR count). The lowest BCUT2D eigenvalue weighted by atomic mass is 10.2. The molecule has 0 unspecified atom stereocenters. The van der Waals surface area contributed by atoms with Gasteiger partial charge in [-0.15, -0.1) is 0 Å². The molecule has 1 N–H and O–H groups in total. The summed E-state index contributed by atoms with van der Waals surface area (Å²) >= 11 is 0. The van der Waals surface area contributed by atoms with E-state index in [1.165, 1.54) is 24.3 Å². The molecule has 0 atom stereocenters. The first-order valence-electron chi connectivity index (χ1n) is 7.74. The number of amides is 1. The number of hydrogen-bond donors (Lipinski definition) is 1. The number of nitrogens with one attached hydrogen (secondary N) is 1. The van der Waals surface area contributed by atoms with E-state index in [0.717, 1.165) is 0 Å². The van der Waals surface area contributed by atoms with E-state index in [1.807, 2.05) is 6.07 Å². The summed E-state index contributed by atoms with van der Waals surface area (Å²) < 4.78 is 0. The van der Waals surface area contributed by atoms with Crippen molar-refractivity contribution in [2.24, 2.45) is 10.2 Å². The zero-order chi connectivity index (χ0) is 18.4. The highest BCUT2D eigenvalue weighted by molar-refractivity contribution is 6.04. The third-order valence-corrected chi connectivity index (χ3v) is 3.50. The fourth-order valence-corrected chi connectivity index (χ4v) is 2.16. The SMILES string of the molecule is O=C(Nc1ccc(N=Nc2ccc([N+](=O)[O-])cc2)cc1)c1ccccc1. The molecule has 3 aromatic rings. The molecule has 26 heavy (non-hydrogen) atoms. The van der Waals surface area contributed by atoms with Crippen LogP contribution in [0.1, 0.15) is 10.4 Å². The van der Waals surface area contributed by atoms with Gasteiger partial charge in [-0.2, -0.15) is 10.2 Å². The average molecular weight is 346 g/mol. The number of non-ortho nitro benzene ring substituents is 1. The van der Waals surface area contributed by atoms with Crippen LogP contribution in [0, 0.1) is 10.1 Å². The second-order valence-electron chi connectivity index (χ2n) is 5.34. The molecule has 0 heterocycles. The van der Waals surface area contributed by atoms with Crippen molar-refractivity contribution in [3.63, 3.8) is 0 Å². The first-order chi connectivity index (χ1) is 12.6. The van der Waals surface area contributed by atoms with Gasteiger partial charge in [-0.25, -0.2) is 0 Å². The van der Waals surface area contributed by atoms with E-state index in [4.69, 9.17) is 0 Å². The van der Waals surface area contributed by atoms with Crippen molar-refractivity contribution in [1.82, 2.24) is 0 Å². The van der Waals surface area contributed by atoms with Gasteiger partial charge >= 0.3 is 0 Å². The molecular weight excluding hydrogens is 332 g/mol. The van der Waals surface area contributed by atoms with Gasteiger partial charge in [0.25, 0.3) is 11.6 Å². The first-order valence-corrected chi connectivity index (χ1v) is 7.74. The Labute approximate surface area is 149 Å². The molecule has 7 heteroatoms. The summed E-state index contributed by atoms with van der Waals surface area (Å²) in [5, 5.41) is 21.5. The van der Waals surface area contributed by atoms with Gasteiger partial charge in [-0.05, 0) is 48.5 Å². The van der Waals surface area contributed by atoms with Gasteiger partial charge in [0.1, 0.15) is 0 Å². The van der Waals surface area contributed by atoms with Crippen LogP contribution in [0.3, 0.4) is 0 Å². The van der Waals surface area contributed by atoms with Crippen molar-refractivity contribution >= 4 is 28.7 Å². The van der Waals surface area contributed by atoms with Crippen LogP contribution in [-0.4, -0.2) is 10.8 Å². The molecule has 0 aliphatic heterocycles. The number of carbonyl (C=O) groups is 1. The predicted octanol–water partition coefficient (Wildman–Crippen LogP) is 5.26. The van der Waals surface area contributed by atoms with Crippen molar-refractivity contribution in [2.45, 2.75) is 0 Å². The lowest BCUT2D eigenvalue weighted by Crippen LogP contribution is -2.11. The minimum Gasteiger partial charge on any atom is -0.322 e. The molecule has 0 radical (unpaired) electrons. The minimum atomic E-state index is -0.469. The Hall–Kier alpha value is -3.87. The van der Waals surface area contributed by atoms with Crippen molar-refractivity contribution in [2.75, 3.05) is 5.32 Å². The molecule has 0 saturated heterocycles. The van der Waals surface area contributed by atoms with Gasteiger partial charge < -0.3 is 5.32 Å². The molecule has 7 nitrogen and oxygen atoms in total. The number of carbonyl (C=O) groups excluding carboxylic acids is 1. The second kappa shape index (κ2) is 7.80. The largest absolute Gasteiger partial charge is 0.322 e. The first kappa shape index (κ1) is 17.0. The highest BCUT2D eigenvalue weighted by Gasteiger charge is 2.05. The average Bonchev–Trinajstić information content (AvgIpc) is 2.68. The third kappa shape index (κ3) is 4.35. The topological polar surface area (TPSA) is 97.0 Å². The van der Waals surface area contributed by atoms with Crippen LogP contribution in [-0.2, 0) is 0 Å². The Bertz CT molecular complexity index is 937. The maximum Gasteiger partial charge on any atom is 0.269 e. The number of rotatable bonds is 5. The van der Waals surface area contributed by atoms with E-state index in [-0.39, 0.29) is 11.6 Å². The van der Waals surface area contributed by atoms with E-state index in [2.05, 4.69) is 15.5 Å². The van der Waals surface area contributed by atoms with E-state index >= 15 is 0 Å². The summed E-state index contributed by atoms with van der Waals surface area (Å²) in [5.41, 5.74) is 2.34. The van der Waals surface area contributed by atoms with Crippen molar-refractivity contribution < 1.29 is 9.72 Å². The highest BCUT2D eigenvalue weighted by Crippen LogP contribution is 2.22. The normalized spacial score (nSPS) is 10.6. The van der Waals surface area contributed by atoms with Gasteiger partial charge in [-0.1, -0.05) is 18.2 Å². The van der Waals surface area contributed by atoms with Crippen LogP contribution >= 0.6 is 0 Å². The highest BCUT2D eigenvalue weighted by atomic mass is 16.6. The predicted molar refractivity (Wildman–Crippen MR) is 98.1 cm³/mol. The fourth-order valence-electron chi connectivity index (χ4n) is 2.16. The van der Waals surface area contributed by atoms with Gasteiger partial charge in [0, 0.05) is 23.4 Å². The molecule has 0 saturated carbocycles. The summed E-state index contributed by atoms with van der Waals surface area (Å²) in [4.78, 5) is 22.2. The van der Waals surface area contributed by atoms with Gasteiger partial charge in [0.05, 0.1) is 16.3 Å². The molecular formula is C19H14N4O3. The molecule has 0 aliphatic carbocycles. The Morgan fingerprint density at radius 2 is 1.35 bits per heavy atom. The number of benzene rings is 3. The molecule has 0 spiro atoms. The van der Waals surface area contributed by atoms with Gasteiger partial charge in [0.15, 0.2) is 0 Å². The lowest BCUT2D eigenvalue weighted by molar-refractivity contribution is -0.384. The maximum atomic E-state index is 12.1. The van der Waals surface area contributed by atoms with Crippen LogP contribution < -0.4 is 5.32 Å². The lowest BCUT2D eigenvalue weighted by Gasteiger charge is -2.05. The quantitative estimate of drug-likeness (QED) is 0.387. The van der Waals surface area contributed by atoms with E-state index in [1.54, 1.807) is 48.5 Å². The Morgan fingerprint density at radius 1 is 0.808 bits per heavy atom. The summed E-state index contributed by atoms with van der Waals surface area (Å²) in [6, 6.07) is 21.6. The molecule has 128 valence electrons. The number of nitrogens with zero attached hydrogens (tertiary/aromatic N) is 3. The van der Waals surface area contributed by atoms with E-state index in [9.17, 15) is 14.9 Å². The third-order valence-electron chi connectivity index (χ3n) is 3.50.